The van der Waals surface area contributed by atoms with Crippen molar-refractivity contribution in [1.29, 1.82) is 0 Å². The molecular formula is C47H87NO8. The SMILES string of the molecule is CCCCC/C=C\C/C=C\CCCCCCCC(=O)OCC(COC(=O)CCC(OCCCCCCCC)OCCCCCCCC)COC(=O)CCN(C)C. The van der Waals surface area contributed by atoms with Crippen molar-refractivity contribution in [2.75, 3.05) is 53.7 Å². The number of ether oxygens (including phenoxy) is 5. The smallest absolute Gasteiger partial charge is 0.307 e. The van der Waals surface area contributed by atoms with Crippen molar-refractivity contribution >= 4 is 17.9 Å². The molecule has 0 rings (SSSR count). The topological polar surface area (TPSA) is 101 Å². The Hall–Kier alpha value is -2.23. The van der Waals surface area contributed by atoms with E-state index in [1.54, 1.807) is 0 Å². The van der Waals surface area contributed by atoms with Crippen LogP contribution in [0.15, 0.2) is 24.3 Å². The van der Waals surface area contributed by atoms with Crippen LogP contribution in [0.4, 0.5) is 0 Å². The summed E-state index contributed by atoms with van der Waals surface area (Å²) in [5.74, 6) is -1.43. The summed E-state index contributed by atoms with van der Waals surface area (Å²) in [7, 11) is 3.79. The Labute approximate surface area is 344 Å². The van der Waals surface area contributed by atoms with E-state index in [-0.39, 0.29) is 50.6 Å². The summed E-state index contributed by atoms with van der Waals surface area (Å²) in [6.07, 6.45) is 36.3. The lowest BCUT2D eigenvalue weighted by molar-refractivity contribution is -0.162. The minimum atomic E-state index is -0.447. The molecule has 0 aromatic heterocycles. The number of hydrogen-bond acceptors (Lipinski definition) is 9. The lowest BCUT2D eigenvalue weighted by Gasteiger charge is -2.20. The number of esters is 3. The van der Waals surface area contributed by atoms with Gasteiger partial charge in [0.05, 0.1) is 18.8 Å². The maximum absolute atomic E-state index is 12.9. The van der Waals surface area contributed by atoms with Gasteiger partial charge in [-0.25, -0.2) is 0 Å². The van der Waals surface area contributed by atoms with E-state index in [9.17, 15) is 14.4 Å². The van der Waals surface area contributed by atoms with Gasteiger partial charge in [0, 0.05) is 32.6 Å². The molecule has 0 bridgehead atoms. The first kappa shape index (κ1) is 53.8. The van der Waals surface area contributed by atoms with Crippen molar-refractivity contribution in [2.24, 2.45) is 5.92 Å². The zero-order valence-corrected chi connectivity index (χ0v) is 37.0. The quantitative estimate of drug-likeness (QED) is 0.0196. The van der Waals surface area contributed by atoms with Crippen LogP contribution in [0.2, 0.25) is 0 Å². The van der Waals surface area contributed by atoms with Crippen molar-refractivity contribution in [1.82, 2.24) is 4.90 Å². The number of carbonyl (C=O) groups excluding carboxylic acids is 3. The summed E-state index contributed by atoms with van der Waals surface area (Å²) in [5, 5.41) is 0. The van der Waals surface area contributed by atoms with Crippen LogP contribution in [0.5, 0.6) is 0 Å². The molecule has 0 fully saturated rings. The minimum absolute atomic E-state index is 0.00132. The molecule has 9 nitrogen and oxygen atoms in total. The maximum Gasteiger partial charge on any atom is 0.307 e. The zero-order valence-electron chi connectivity index (χ0n) is 37.0. The monoisotopic (exact) mass is 794 g/mol. The van der Waals surface area contributed by atoms with Crippen molar-refractivity contribution in [3.05, 3.63) is 24.3 Å². The molecule has 0 aliphatic heterocycles. The molecule has 0 N–H and O–H groups in total. The van der Waals surface area contributed by atoms with Gasteiger partial charge in [-0.2, -0.15) is 0 Å². The molecule has 0 aliphatic rings. The summed E-state index contributed by atoms with van der Waals surface area (Å²) in [6, 6.07) is 0. The van der Waals surface area contributed by atoms with E-state index in [4.69, 9.17) is 23.7 Å². The van der Waals surface area contributed by atoms with Crippen molar-refractivity contribution in [3.8, 4) is 0 Å². The fourth-order valence-corrected chi connectivity index (χ4v) is 6.03. The third kappa shape index (κ3) is 40.0. The number of carbonyl (C=O) groups is 3. The highest BCUT2D eigenvalue weighted by molar-refractivity contribution is 5.70. The second kappa shape index (κ2) is 42.4. The van der Waals surface area contributed by atoms with Crippen LogP contribution >= 0.6 is 0 Å². The second-order valence-electron chi connectivity index (χ2n) is 15.7. The molecule has 0 radical (unpaired) electrons. The predicted molar refractivity (Wildman–Crippen MR) is 231 cm³/mol. The minimum Gasteiger partial charge on any atom is -0.465 e. The average Bonchev–Trinajstić information content (AvgIpc) is 3.19. The van der Waals surface area contributed by atoms with Crippen molar-refractivity contribution in [3.63, 3.8) is 0 Å². The third-order valence-corrected chi connectivity index (χ3v) is 9.72. The lowest BCUT2D eigenvalue weighted by Crippen LogP contribution is -2.27. The average molecular weight is 794 g/mol. The molecule has 9 heteroatoms. The molecule has 1 unspecified atom stereocenters. The van der Waals surface area contributed by atoms with Crippen LogP contribution in [0.3, 0.4) is 0 Å². The molecule has 0 aromatic rings. The summed E-state index contributed by atoms with van der Waals surface area (Å²) in [5.41, 5.74) is 0. The van der Waals surface area contributed by atoms with Gasteiger partial charge in [-0.05, 0) is 65.5 Å². The third-order valence-electron chi connectivity index (χ3n) is 9.72. The van der Waals surface area contributed by atoms with Gasteiger partial charge in [-0.3, -0.25) is 14.4 Å². The molecule has 1 atom stereocenters. The largest absolute Gasteiger partial charge is 0.465 e. The Morgan fingerprint density at radius 3 is 1.41 bits per heavy atom. The van der Waals surface area contributed by atoms with E-state index in [1.807, 2.05) is 19.0 Å². The Balaban J connectivity index is 4.68. The summed E-state index contributed by atoms with van der Waals surface area (Å²) in [4.78, 5) is 39.7. The first-order chi connectivity index (χ1) is 27.3. The molecule has 328 valence electrons. The van der Waals surface area contributed by atoms with E-state index in [0.29, 0.717) is 32.6 Å². The Morgan fingerprint density at radius 2 is 0.893 bits per heavy atom. The zero-order chi connectivity index (χ0) is 41.2. The molecule has 0 amide bonds. The first-order valence-corrected chi connectivity index (χ1v) is 23.0. The summed E-state index contributed by atoms with van der Waals surface area (Å²) < 4.78 is 28.8. The van der Waals surface area contributed by atoms with E-state index >= 15 is 0 Å². The molecule has 0 aliphatic carbocycles. The van der Waals surface area contributed by atoms with Gasteiger partial charge in [0.1, 0.15) is 19.8 Å². The summed E-state index contributed by atoms with van der Waals surface area (Å²) in [6.45, 7) is 8.52. The van der Waals surface area contributed by atoms with Crippen molar-refractivity contribution < 1.29 is 38.1 Å². The van der Waals surface area contributed by atoms with E-state index in [1.165, 1.54) is 77.0 Å². The Bertz CT molecular complexity index is 934. The Kier molecular flexibility index (Phi) is 40.7. The number of rotatable bonds is 42. The molecule has 0 aromatic carbocycles. The van der Waals surface area contributed by atoms with E-state index in [2.05, 4.69) is 45.1 Å². The normalized spacial score (nSPS) is 12.3. The van der Waals surface area contributed by atoms with Gasteiger partial charge in [0.2, 0.25) is 0 Å². The number of nitrogens with zero attached hydrogens (tertiary/aromatic N) is 1. The van der Waals surface area contributed by atoms with Crippen LogP contribution in [0.25, 0.3) is 0 Å². The highest BCUT2D eigenvalue weighted by Gasteiger charge is 2.19. The van der Waals surface area contributed by atoms with Gasteiger partial charge in [0.25, 0.3) is 0 Å². The van der Waals surface area contributed by atoms with Gasteiger partial charge in [0.15, 0.2) is 6.29 Å². The summed E-state index contributed by atoms with van der Waals surface area (Å²) >= 11 is 0. The highest BCUT2D eigenvalue weighted by atomic mass is 16.7. The molecule has 0 saturated carbocycles. The maximum atomic E-state index is 12.9. The van der Waals surface area contributed by atoms with Crippen LogP contribution < -0.4 is 0 Å². The standard InChI is InChI=1S/C47H87NO8/c1-6-9-12-15-18-19-20-21-22-23-24-25-26-27-30-33-44(49)54-40-43(42-56-46(51)36-37-48(4)5)41-55-45(50)34-35-47(52-38-31-28-16-13-10-7-2)53-39-32-29-17-14-11-8-3/h18-19,21-22,43,47H,6-17,20,23-42H2,1-5H3/b19-18-,22-21-. The Morgan fingerprint density at radius 1 is 0.482 bits per heavy atom. The molecule has 56 heavy (non-hydrogen) atoms. The van der Waals surface area contributed by atoms with Crippen LogP contribution in [-0.2, 0) is 38.1 Å². The van der Waals surface area contributed by atoms with Crippen LogP contribution in [0.1, 0.15) is 194 Å². The highest BCUT2D eigenvalue weighted by Crippen LogP contribution is 2.14. The van der Waals surface area contributed by atoms with E-state index < -0.39 is 12.2 Å². The lowest BCUT2D eigenvalue weighted by atomic mass is 10.1. The van der Waals surface area contributed by atoms with E-state index in [0.717, 1.165) is 70.6 Å². The molecule has 0 heterocycles. The molecular weight excluding hydrogens is 707 g/mol. The van der Waals surface area contributed by atoms with Gasteiger partial charge in [-0.15, -0.1) is 0 Å². The fraction of sp³-hybridized carbons (Fsp3) is 0.851. The van der Waals surface area contributed by atoms with Gasteiger partial charge in [-0.1, -0.05) is 141 Å². The molecule has 0 spiro atoms. The molecule has 0 saturated heterocycles. The number of allylic oxidation sites excluding steroid dienone is 4. The van der Waals surface area contributed by atoms with Gasteiger partial charge >= 0.3 is 17.9 Å². The predicted octanol–water partition coefficient (Wildman–Crippen LogP) is 11.9. The fourth-order valence-electron chi connectivity index (χ4n) is 6.03. The van der Waals surface area contributed by atoms with Crippen LogP contribution in [-0.4, -0.2) is 82.8 Å². The first-order valence-electron chi connectivity index (χ1n) is 23.0. The number of unbranched alkanes of at least 4 members (excludes halogenated alkanes) is 18. The van der Waals surface area contributed by atoms with Crippen LogP contribution in [0, 0.1) is 5.92 Å². The van der Waals surface area contributed by atoms with Gasteiger partial charge < -0.3 is 28.6 Å². The van der Waals surface area contributed by atoms with Crippen molar-refractivity contribution in [2.45, 2.75) is 200 Å². The number of hydrogen-bond donors (Lipinski definition) is 0. The second-order valence-corrected chi connectivity index (χ2v) is 15.7.